The van der Waals surface area contributed by atoms with Crippen molar-refractivity contribution in [3.63, 3.8) is 0 Å². The zero-order chi connectivity index (χ0) is 39.5. The average Bonchev–Trinajstić information content (AvgIpc) is 3.47. The number of Topliss-reactive ketones (excluding diaryl/α,β-unsaturated/α-hetero) is 1. The van der Waals surface area contributed by atoms with E-state index in [9.17, 15) is 28.8 Å². The summed E-state index contributed by atoms with van der Waals surface area (Å²) in [7, 11) is 1.98. The van der Waals surface area contributed by atoms with Gasteiger partial charge in [0.2, 0.25) is 17.6 Å². The van der Waals surface area contributed by atoms with Gasteiger partial charge in [-0.2, -0.15) is 0 Å². The summed E-state index contributed by atoms with van der Waals surface area (Å²) in [6, 6.07) is -2.39. The number of carbonyl (C=O) groups excluding carboxylic acids is 6. The van der Waals surface area contributed by atoms with Crippen molar-refractivity contribution < 1.29 is 28.8 Å². The van der Waals surface area contributed by atoms with Crippen LogP contribution in [-0.2, 0) is 24.0 Å². The molecule has 13 nitrogen and oxygen atoms in total. The molecule has 53 heavy (non-hydrogen) atoms. The number of ketones is 1. The van der Waals surface area contributed by atoms with E-state index in [0.29, 0.717) is 18.3 Å². The first-order chi connectivity index (χ1) is 24.9. The van der Waals surface area contributed by atoms with Crippen LogP contribution in [0.1, 0.15) is 130 Å². The fraction of sp³-hybridized carbons (Fsp3) is 0.750. The molecule has 1 aromatic rings. The second kappa shape index (κ2) is 19.5. The molecule has 4 amide bonds. The van der Waals surface area contributed by atoms with Gasteiger partial charge >= 0.3 is 0 Å². The van der Waals surface area contributed by atoms with Crippen molar-refractivity contribution in [2.75, 3.05) is 13.6 Å². The summed E-state index contributed by atoms with van der Waals surface area (Å²) >= 11 is 0. The van der Waals surface area contributed by atoms with E-state index in [1.807, 2.05) is 34.7 Å². The van der Waals surface area contributed by atoms with Crippen LogP contribution in [0.15, 0.2) is 18.6 Å². The predicted molar refractivity (Wildman–Crippen MR) is 203 cm³/mol. The van der Waals surface area contributed by atoms with Gasteiger partial charge in [-0.1, -0.05) is 87.0 Å². The van der Waals surface area contributed by atoms with E-state index in [2.05, 4.69) is 51.6 Å². The molecule has 2 aliphatic carbocycles. The van der Waals surface area contributed by atoms with Crippen molar-refractivity contribution in [3.8, 4) is 0 Å². The van der Waals surface area contributed by atoms with Crippen LogP contribution < -0.4 is 21.7 Å². The highest BCUT2D eigenvalue weighted by Gasteiger charge is 2.47. The molecule has 0 radical (unpaired) electrons. The molecule has 0 bridgehead atoms. The van der Waals surface area contributed by atoms with Gasteiger partial charge < -0.3 is 26.5 Å². The summed E-state index contributed by atoms with van der Waals surface area (Å²) in [6.07, 6.45) is 16.2. The zero-order valence-corrected chi connectivity index (χ0v) is 33.3. The highest BCUT2D eigenvalue weighted by molar-refractivity contribution is 6.37. The molecule has 1 aromatic heterocycles. The van der Waals surface area contributed by atoms with E-state index in [4.69, 9.17) is 5.73 Å². The van der Waals surface area contributed by atoms with Gasteiger partial charge in [-0.05, 0) is 73.7 Å². The Morgan fingerprint density at radius 2 is 1.64 bits per heavy atom. The fourth-order valence-electron chi connectivity index (χ4n) is 7.55. The molecular weight excluding hydrogens is 674 g/mol. The van der Waals surface area contributed by atoms with Gasteiger partial charge in [0.05, 0.1) is 24.3 Å². The molecule has 2 saturated carbocycles. The van der Waals surface area contributed by atoms with Crippen LogP contribution in [-0.4, -0.2) is 88.3 Å². The van der Waals surface area contributed by atoms with Crippen molar-refractivity contribution in [2.24, 2.45) is 40.2 Å². The zero-order valence-electron chi connectivity index (χ0n) is 33.3. The minimum absolute atomic E-state index is 0.0807. The molecule has 1 aliphatic heterocycles. The van der Waals surface area contributed by atoms with E-state index in [-0.39, 0.29) is 34.9 Å². The van der Waals surface area contributed by atoms with Crippen LogP contribution in [0, 0.1) is 34.5 Å². The number of likely N-dealkylation sites (tertiary alicyclic amines) is 1. The first kappa shape index (κ1) is 43.7. The summed E-state index contributed by atoms with van der Waals surface area (Å²) in [4.78, 5) is 83.1. The summed E-state index contributed by atoms with van der Waals surface area (Å²) < 4.78 is 0. The molecule has 6 atom stereocenters. The van der Waals surface area contributed by atoms with Crippen molar-refractivity contribution >= 4 is 35.7 Å². The lowest BCUT2D eigenvalue weighted by atomic mass is 9.61. The minimum Gasteiger partial charge on any atom is -0.363 e. The molecule has 5 N–H and O–H groups in total. The standard InChI is InChI=1S/C21H35N3O3.C19H30N4O3/c1-21(2,14-8-5-9-14)15-11-17(24(3)12-15)20(27)23-16(18(25)19(22)26)10-13-6-4-7-13;1-6-7-8-13(2)16(18(26)22-15(12-24)19(3,4)5)23-17(25)14-11-20-9-10-21-14/h13-17H,4-12H2,1-3H3,(H2,22,26)(H,23,27);9-13,15-16H,6-8H2,1-5H3,(H,22,26)(H,23,25)/t;13?,15-,16?/m.1/s1. The Morgan fingerprint density at radius 3 is 2.13 bits per heavy atom. The van der Waals surface area contributed by atoms with Gasteiger partial charge in [-0.3, -0.25) is 33.9 Å². The normalized spacial score (nSPS) is 21.7. The van der Waals surface area contributed by atoms with Crippen molar-refractivity contribution in [3.05, 3.63) is 24.3 Å². The first-order valence-electron chi connectivity index (χ1n) is 19.6. The third-order valence-corrected chi connectivity index (χ3v) is 12.0. The monoisotopic (exact) mass is 739 g/mol. The summed E-state index contributed by atoms with van der Waals surface area (Å²) in [5.41, 5.74) is 5.18. The van der Waals surface area contributed by atoms with Gasteiger partial charge in [0.15, 0.2) is 0 Å². The van der Waals surface area contributed by atoms with E-state index >= 15 is 0 Å². The Hall–Kier alpha value is -3.74. The lowest BCUT2D eigenvalue weighted by Crippen LogP contribution is -2.55. The number of rotatable bonds is 17. The number of unbranched alkanes of at least 4 members (excludes halogenated alkanes) is 1. The van der Waals surface area contributed by atoms with Gasteiger partial charge in [-0.25, -0.2) is 4.98 Å². The molecule has 1 saturated heterocycles. The van der Waals surface area contributed by atoms with E-state index in [1.165, 1.54) is 37.9 Å². The number of hydrogen-bond acceptors (Lipinski definition) is 9. The number of nitrogens with two attached hydrogens (primary N) is 1. The number of aldehydes is 1. The Morgan fingerprint density at radius 1 is 0.981 bits per heavy atom. The summed E-state index contributed by atoms with van der Waals surface area (Å²) in [5, 5.41) is 8.38. The average molecular weight is 740 g/mol. The number of primary amides is 1. The molecule has 0 spiro atoms. The van der Waals surface area contributed by atoms with Crippen LogP contribution in [0.2, 0.25) is 0 Å². The number of nitrogens with one attached hydrogen (secondary N) is 3. The molecule has 0 aromatic carbocycles. The number of likely N-dealkylation sites (N-methyl/N-ethyl adjacent to an activating group) is 1. The maximum Gasteiger partial charge on any atom is 0.287 e. The summed E-state index contributed by atoms with van der Waals surface area (Å²) in [5.74, 6) is -1.03. The van der Waals surface area contributed by atoms with Crippen molar-refractivity contribution in [1.82, 2.24) is 30.8 Å². The lowest BCUT2D eigenvalue weighted by Gasteiger charge is -2.44. The number of carbonyl (C=O) groups is 6. The van der Waals surface area contributed by atoms with Crippen LogP contribution in [0.4, 0.5) is 0 Å². The SMILES string of the molecule is CCCCC(C)C(NC(=O)c1cnccn1)C(=O)N[C@H](C=O)C(C)(C)C.CN1CC(C(C)(C)C2CCC2)CC1C(=O)NC(CC1CCC1)C(=O)C(N)=O. The number of amides is 4. The molecule has 5 unspecified atom stereocenters. The maximum atomic E-state index is 12.9. The number of nitrogens with zero attached hydrogens (tertiary/aromatic N) is 3. The second-order valence-electron chi connectivity index (χ2n) is 17.3. The molecule has 13 heteroatoms. The molecule has 2 heterocycles. The van der Waals surface area contributed by atoms with Gasteiger partial charge in [0.1, 0.15) is 18.0 Å². The van der Waals surface area contributed by atoms with Crippen LogP contribution in [0.5, 0.6) is 0 Å². The third kappa shape index (κ3) is 12.1. The topological polar surface area (TPSA) is 194 Å². The Kier molecular flexibility index (Phi) is 16.1. The van der Waals surface area contributed by atoms with Crippen molar-refractivity contribution in [2.45, 2.75) is 143 Å². The molecule has 3 fully saturated rings. The highest BCUT2D eigenvalue weighted by Crippen LogP contribution is 2.49. The summed E-state index contributed by atoms with van der Waals surface area (Å²) in [6.45, 7) is 15.2. The van der Waals surface area contributed by atoms with Gasteiger partial charge in [0.25, 0.3) is 11.8 Å². The quantitative estimate of drug-likeness (QED) is 0.135. The Labute approximate surface area is 316 Å². The van der Waals surface area contributed by atoms with E-state index in [0.717, 1.165) is 63.7 Å². The highest BCUT2D eigenvalue weighted by atomic mass is 16.2. The van der Waals surface area contributed by atoms with Crippen LogP contribution in [0.3, 0.4) is 0 Å². The Bertz CT molecular complexity index is 1410. The van der Waals surface area contributed by atoms with E-state index in [1.54, 1.807) is 0 Å². The number of hydrogen-bond donors (Lipinski definition) is 4. The van der Waals surface area contributed by atoms with Crippen LogP contribution >= 0.6 is 0 Å². The number of aromatic nitrogens is 2. The molecular formula is C40H65N7O6. The largest absolute Gasteiger partial charge is 0.363 e. The maximum absolute atomic E-state index is 12.9. The smallest absolute Gasteiger partial charge is 0.287 e. The third-order valence-electron chi connectivity index (χ3n) is 12.0. The minimum atomic E-state index is -0.955. The van der Waals surface area contributed by atoms with Crippen LogP contribution in [0.25, 0.3) is 0 Å². The first-order valence-corrected chi connectivity index (χ1v) is 19.6. The van der Waals surface area contributed by atoms with Gasteiger partial charge in [0, 0.05) is 18.9 Å². The van der Waals surface area contributed by atoms with E-state index < -0.39 is 41.1 Å². The Balaban J connectivity index is 0.000000286. The fourth-order valence-corrected chi connectivity index (χ4v) is 7.55. The van der Waals surface area contributed by atoms with Crippen molar-refractivity contribution in [1.29, 1.82) is 0 Å². The lowest BCUT2D eigenvalue weighted by molar-refractivity contribution is -0.139. The predicted octanol–water partition coefficient (Wildman–Crippen LogP) is 3.99. The molecule has 3 aliphatic rings. The molecule has 296 valence electrons. The van der Waals surface area contributed by atoms with Gasteiger partial charge in [-0.15, -0.1) is 0 Å². The molecule has 4 rings (SSSR count). The second-order valence-corrected chi connectivity index (χ2v) is 17.3.